The zero-order valence-corrected chi connectivity index (χ0v) is 12.1. The highest BCUT2D eigenvalue weighted by Gasteiger charge is 2.11. The minimum atomic E-state index is -0.297. The predicted molar refractivity (Wildman–Crippen MR) is 84.7 cm³/mol. The van der Waals surface area contributed by atoms with Crippen molar-refractivity contribution in [1.82, 2.24) is 5.43 Å². The summed E-state index contributed by atoms with van der Waals surface area (Å²) in [5, 5.41) is 0.587. The maximum atomic E-state index is 12.2. The van der Waals surface area contributed by atoms with Crippen LogP contribution in [-0.2, 0) is 0 Å². The topological polar surface area (TPSA) is 50.4 Å². The third kappa shape index (κ3) is 4.26. The molecule has 2 N–H and O–H groups in total. The summed E-state index contributed by atoms with van der Waals surface area (Å²) in [4.78, 5) is 12.2. The van der Waals surface area contributed by atoms with Crippen LogP contribution in [0.15, 0.2) is 61.2 Å². The van der Waals surface area contributed by atoms with E-state index in [9.17, 15) is 4.79 Å². The molecular formula is C16H15ClN2O2. The third-order valence-electron chi connectivity index (χ3n) is 2.63. The largest absolute Gasteiger partial charge is 0.489 e. The van der Waals surface area contributed by atoms with E-state index in [-0.39, 0.29) is 5.91 Å². The van der Waals surface area contributed by atoms with Crippen molar-refractivity contribution in [3.8, 4) is 5.75 Å². The molecule has 2 aromatic carbocycles. The Balaban J connectivity index is 2.04. The van der Waals surface area contributed by atoms with Crippen LogP contribution in [0.3, 0.4) is 0 Å². The molecule has 0 saturated heterocycles. The maximum Gasteiger partial charge on any atom is 0.273 e. The van der Waals surface area contributed by atoms with Crippen LogP contribution in [0.1, 0.15) is 10.4 Å². The number of carbonyl (C=O) groups is 1. The van der Waals surface area contributed by atoms with Crippen LogP contribution in [-0.4, -0.2) is 12.5 Å². The van der Waals surface area contributed by atoms with Crippen LogP contribution < -0.4 is 15.6 Å². The second kappa shape index (κ2) is 7.36. The molecule has 0 saturated carbocycles. The van der Waals surface area contributed by atoms with Crippen molar-refractivity contribution in [1.29, 1.82) is 0 Å². The first-order chi connectivity index (χ1) is 10.2. The van der Waals surface area contributed by atoms with E-state index in [0.717, 1.165) is 0 Å². The number of carbonyl (C=O) groups excluding carboxylic acids is 1. The SMILES string of the molecule is C=CCOc1ccccc1C(=O)NNc1cccc(Cl)c1. The number of para-hydroxylation sites is 1. The van der Waals surface area contributed by atoms with E-state index in [4.69, 9.17) is 16.3 Å². The normalized spacial score (nSPS) is 9.76. The maximum absolute atomic E-state index is 12.2. The number of halogens is 1. The molecule has 0 aliphatic carbocycles. The molecule has 0 unspecified atom stereocenters. The first kappa shape index (κ1) is 14.9. The number of ether oxygens (including phenoxy) is 1. The average molecular weight is 303 g/mol. The summed E-state index contributed by atoms with van der Waals surface area (Å²) in [7, 11) is 0. The molecule has 0 atom stereocenters. The molecule has 21 heavy (non-hydrogen) atoms. The number of amides is 1. The number of anilines is 1. The standard InChI is InChI=1S/C16H15ClN2O2/c1-2-10-21-15-9-4-3-8-14(15)16(20)19-18-13-7-5-6-12(17)11-13/h2-9,11,18H,1,10H2,(H,19,20). The Morgan fingerprint density at radius 3 is 2.81 bits per heavy atom. The van der Waals surface area contributed by atoms with E-state index < -0.39 is 0 Å². The van der Waals surface area contributed by atoms with Crippen LogP contribution in [0.2, 0.25) is 5.02 Å². The quantitative estimate of drug-likeness (QED) is 0.632. The number of hydrogen-bond donors (Lipinski definition) is 2. The Hall–Kier alpha value is -2.46. The number of rotatable bonds is 6. The average Bonchev–Trinajstić information content (AvgIpc) is 2.51. The molecule has 0 aliphatic rings. The summed E-state index contributed by atoms with van der Waals surface area (Å²) < 4.78 is 5.45. The predicted octanol–water partition coefficient (Wildman–Crippen LogP) is 3.66. The Morgan fingerprint density at radius 2 is 2.05 bits per heavy atom. The van der Waals surface area contributed by atoms with E-state index in [1.54, 1.807) is 54.6 Å². The molecule has 1 amide bonds. The summed E-state index contributed by atoms with van der Waals surface area (Å²) in [6.45, 7) is 3.92. The number of nitrogens with one attached hydrogen (secondary N) is 2. The van der Waals surface area contributed by atoms with E-state index >= 15 is 0 Å². The molecule has 0 radical (unpaired) electrons. The zero-order valence-electron chi connectivity index (χ0n) is 11.3. The molecule has 108 valence electrons. The highest BCUT2D eigenvalue weighted by atomic mass is 35.5. The van der Waals surface area contributed by atoms with Crippen LogP contribution >= 0.6 is 11.6 Å². The van der Waals surface area contributed by atoms with Gasteiger partial charge in [-0.1, -0.05) is 42.5 Å². The minimum absolute atomic E-state index is 0.297. The van der Waals surface area contributed by atoms with Gasteiger partial charge in [-0.2, -0.15) is 0 Å². The van der Waals surface area contributed by atoms with Gasteiger partial charge >= 0.3 is 0 Å². The van der Waals surface area contributed by atoms with Gasteiger partial charge in [-0.05, 0) is 30.3 Å². The molecule has 4 nitrogen and oxygen atoms in total. The van der Waals surface area contributed by atoms with Crippen molar-refractivity contribution in [2.24, 2.45) is 0 Å². The number of benzene rings is 2. The van der Waals surface area contributed by atoms with Gasteiger partial charge in [-0.25, -0.2) is 0 Å². The fourth-order valence-corrected chi connectivity index (χ4v) is 1.88. The van der Waals surface area contributed by atoms with E-state index in [1.807, 2.05) is 0 Å². The summed E-state index contributed by atoms with van der Waals surface area (Å²) in [6, 6.07) is 14.1. The number of hydrogen-bond acceptors (Lipinski definition) is 3. The van der Waals surface area contributed by atoms with Gasteiger partial charge < -0.3 is 4.74 Å². The van der Waals surface area contributed by atoms with Gasteiger partial charge in [0, 0.05) is 5.02 Å². The van der Waals surface area contributed by atoms with Crippen molar-refractivity contribution < 1.29 is 9.53 Å². The van der Waals surface area contributed by atoms with Gasteiger partial charge in [0.1, 0.15) is 12.4 Å². The summed E-state index contributed by atoms with van der Waals surface area (Å²) in [5.41, 5.74) is 6.55. The molecule has 0 aromatic heterocycles. The van der Waals surface area contributed by atoms with Crippen molar-refractivity contribution in [3.05, 3.63) is 71.8 Å². The summed E-state index contributed by atoms with van der Waals surface area (Å²) >= 11 is 5.88. The van der Waals surface area contributed by atoms with Crippen LogP contribution in [0.4, 0.5) is 5.69 Å². The minimum Gasteiger partial charge on any atom is -0.489 e. The lowest BCUT2D eigenvalue weighted by Gasteiger charge is -2.12. The molecule has 5 heteroatoms. The summed E-state index contributed by atoms with van der Waals surface area (Å²) in [6.07, 6.45) is 1.62. The second-order valence-electron chi connectivity index (χ2n) is 4.19. The van der Waals surface area contributed by atoms with Gasteiger partial charge in [0.05, 0.1) is 11.3 Å². The van der Waals surface area contributed by atoms with Gasteiger partial charge in [-0.15, -0.1) is 0 Å². The Kier molecular flexibility index (Phi) is 5.23. The first-order valence-corrected chi connectivity index (χ1v) is 6.73. The Labute approximate surface area is 128 Å². The van der Waals surface area contributed by atoms with Crippen molar-refractivity contribution >= 4 is 23.2 Å². The monoisotopic (exact) mass is 302 g/mol. The number of hydrazine groups is 1. The van der Waals surface area contributed by atoms with E-state index in [0.29, 0.717) is 28.6 Å². The molecule has 0 fully saturated rings. The van der Waals surface area contributed by atoms with E-state index in [1.165, 1.54) is 0 Å². The van der Waals surface area contributed by atoms with Crippen molar-refractivity contribution in [2.75, 3.05) is 12.0 Å². The lowest BCUT2D eigenvalue weighted by molar-refractivity contribution is 0.0959. The summed E-state index contributed by atoms with van der Waals surface area (Å²) in [5.74, 6) is 0.206. The van der Waals surface area contributed by atoms with Gasteiger partial charge in [0.2, 0.25) is 0 Å². The van der Waals surface area contributed by atoms with Gasteiger partial charge in [0.15, 0.2) is 0 Å². The zero-order chi connectivity index (χ0) is 15.1. The highest BCUT2D eigenvalue weighted by Crippen LogP contribution is 2.18. The second-order valence-corrected chi connectivity index (χ2v) is 4.62. The molecule has 0 spiro atoms. The molecule has 0 bridgehead atoms. The lowest BCUT2D eigenvalue weighted by Crippen LogP contribution is -2.29. The fraction of sp³-hybridized carbons (Fsp3) is 0.0625. The van der Waals surface area contributed by atoms with Crippen LogP contribution in [0.5, 0.6) is 5.75 Å². The fourth-order valence-electron chi connectivity index (χ4n) is 1.69. The first-order valence-electron chi connectivity index (χ1n) is 6.35. The van der Waals surface area contributed by atoms with Crippen molar-refractivity contribution in [3.63, 3.8) is 0 Å². The van der Waals surface area contributed by atoms with Gasteiger partial charge in [0.25, 0.3) is 5.91 Å². The third-order valence-corrected chi connectivity index (χ3v) is 2.87. The molecule has 2 aromatic rings. The smallest absolute Gasteiger partial charge is 0.273 e. The highest BCUT2D eigenvalue weighted by molar-refractivity contribution is 6.30. The van der Waals surface area contributed by atoms with E-state index in [2.05, 4.69) is 17.4 Å². The molecule has 0 aliphatic heterocycles. The van der Waals surface area contributed by atoms with Gasteiger partial charge in [-0.3, -0.25) is 15.6 Å². The molecular weight excluding hydrogens is 288 g/mol. The van der Waals surface area contributed by atoms with Crippen molar-refractivity contribution in [2.45, 2.75) is 0 Å². The Morgan fingerprint density at radius 1 is 1.24 bits per heavy atom. The Bertz CT molecular complexity index is 644. The molecule has 0 heterocycles. The lowest BCUT2D eigenvalue weighted by atomic mass is 10.2. The van der Waals surface area contributed by atoms with Crippen LogP contribution in [0, 0.1) is 0 Å². The molecule has 2 rings (SSSR count). The van der Waals surface area contributed by atoms with Crippen LogP contribution in [0.25, 0.3) is 0 Å².